The first-order valence-corrected chi connectivity index (χ1v) is 22.0. The Kier molecular flexibility index (Phi) is 7.91. The molecule has 0 unspecified atom stereocenters. The second kappa shape index (κ2) is 13.4. The van der Waals surface area contributed by atoms with Crippen LogP contribution in [-0.4, -0.2) is 0 Å². The van der Waals surface area contributed by atoms with Gasteiger partial charge in [-0.2, -0.15) is 0 Å². The number of hydrogen-bond acceptors (Lipinski definition) is 1. The number of hydrogen-bond donors (Lipinski definition) is 0. The van der Waals surface area contributed by atoms with Gasteiger partial charge in [0.2, 0.25) is 0 Å². The van der Waals surface area contributed by atoms with E-state index in [1.54, 1.807) is 0 Å². The summed E-state index contributed by atoms with van der Waals surface area (Å²) in [5, 5.41) is 0. The molecule has 0 saturated heterocycles. The summed E-state index contributed by atoms with van der Waals surface area (Å²) in [6, 6.07) is 79.7. The van der Waals surface area contributed by atoms with E-state index in [1.807, 2.05) is 0 Å². The molecule has 0 aliphatic heterocycles. The average molecular weight is 794 g/mol. The maximum Gasteiger partial charge on any atom is 0.0713 e. The number of rotatable bonds is 6. The van der Waals surface area contributed by atoms with E-state index < -0.39 is 5.41 Å². The molecule has 296 valence electrons. The van der Waals surface area contributed by atoms with Gasteiger partial charge in [0.25, 0.3) is 0 Å². The Morgan fingerprint density at radius 3 is 1.34 bits per heavy atom. The van der Waals surface area contributed by atoms with Crippen LogP contribution in [-0.2, 0) is 16.2 Å². The van der Waals surface area contributed by atoms with Gasteiger partial charge in [0.1, 0.15) is 0 Å². The maximum atomic E-state index is 2.51. The molecule has 0 aromatic heterocycles. The fourth-order valence-electron chi connectivity index (χ4n) is 11.7. The SMILES string of the molecule is CC1(C)c2ccccc2-c2ccc(N(c3ccc(C4(c5ccccc5)c5ccccc5-c5ccccc54)cc3)c3cc(-c4ccccc4)c4c(c3)-c3ccccc3C4(C)C)cc21. The summed E-state index contributed by atoms with van der Waals surface area (Å²) in [5.74, 6) is 0. The molecule has 0 saturated carbocycles. The topological polar surface area (TPSA) is 3.24 Å². The molecule has 0 atom stereocenters. The second-order valence-corrected chi connectivity index (χ2v) is 18.4. The number of fused-ring (bicyclic) bond motifs is 9. The summed E-state index contributed by atoms with van der Waals surface area (Å²) in [6.07, 6.45) is 0. The van der Waals surface area contributed by atoms with Gasteiger partial charge in [-0.05, 0) is 125 Å². The van der Waals surface area contributed by atoms with Crippen molar-refractivity contribution in [3.8, 4) is 44.5 Å². The molecule has 0 fully saturated rings. The van der Waals surface area contributed by atoms with Crippen molar-refractivity contribution in [3.63, 3.8) is 0 Å². The van der Waals surface area contributed by atoms with E-state index in [2.05, 4.69) is 245 Å². The largest absolute Gasteiger partial charge is 0.310 e. The standard InChI is InChI=1S/C61H47N/c1-59(2)53-27-15-11-23-46(53)50-36-35-44(39-57(50)59)62(45-37-51(40-19-7-5-8-20-40)58-52(38-45)49-26-12-16-28-54(49)60(58,3)4)43-33-31-42(32-34-43)61(41-21-9-6-10-22-41)55-29-17-13-24-47(55)48-25-14-18-30-56(48)61/h5-39H,1-4H3. The molecule has 0 heterocycles. The summed E-state index contributed by atoms with van der Waals surface area (Å²) in [7, 11) is 0. The zero-order chi connectivity index (χ0) is 41.8. The highest BCUT2D eigenvalue weighted by molar-refractivity contribution is 5.94. The third kappa shape index (κ3) is 5.03. The van der Waals surface area contributed by atoms with E-state index >= 15 is 0 Å². The Labute approximate surface area is 365 Å². The van der Waals surface area contributed by atoms with Crippen molar-refractivity contribution >= 4 is 17.1 Å². The van der Waals surface area contributed by atoms with Crippen molar-refractivity contribution in [2.24, 2.45) is 0 Å². The van der Waals surface area contributed by atoms with Crippen molar-refractivity contribution < 1.29 is 0 Å². The molecule has 12 rings (SSSR count). The van der Waals surface area contributed by atoms with Gasteiger partial charge >= 0.3 is 0 Å². The zero-order valence-corrected chi connectivity index (χ0v) is 35.7. The number of anilines is 3. The summed E-state index contributed by atoms with van der Waals surface area (Å²) in [4.78, 5) is 2.51. The lowest BCUT2D eigenvalue weighted by Crippen LogP contribution is -2.28. The summed E-state index contributed by atoms with van der Waals surface area (Å²) in [6.45, 7) is 9.54. The van der Waals surface area contributed by atoms with Crippen LogP contribution in [0.25, 0.3) is 44.5 Å². The van der Waals surface area contributed by atoms with Crippen LogP contribution in [0.5, 0.6) is 0 Å². The van der Waals surface area contributed by atoms with Crippen LogP contribution in [0, 0.1) is 0 Å². The summed E-state index contributed by atoms with van der Waals surface area (Å²) < 4.78 is 0. The Balaban J connectivity index is 1.11. The Morgan fingerprint density at radius 1 is 0.290 bits per heavy atom. The zero-order valence-electron chi connectivity index (χ0n) is 35.7. The molecular weight excluding hydrogens is 747 g/mol. The molecular formula is C61H47N. The van der Waals surface area contributed by atoms with Gasteiger partial charge < -0.3 is 4.90 Å². The molecule has 0 N–H and O–H groups in total. The van der Waals surface area contributed by atoms with E-state index in [4.69, 9.17) is 0 Å². The van der Waals surface area contributed by atoms with Crippen molar-refractivity contribution in [3.05, 3.63) is 257 Å². The van der Waals surface area contributed by atoms with Crippen LogP contribution in [0.4, 0.5) is 17.1 Å². The monoisotopic (exact) mass is 793 g/mol. The third-order valence-corrected chi connectivity index (χ3v) is 14.5. The van der Waals surface area contributed by atoms with Crippen LogP contribution < -0.4 is 4.90 Å². The van der Waals surface area contributed by atoms with Crippen LogP contribution >= 0.6 is 0 Å². The molecule has 0 amide bonds. The van der Waals surface area contributed by atoms with Gasteiger partial charge in [-0.15, -0.1) is 0 Å². The van der Waals surface area contributed by atoms with Gasteiger partial charge in [0.15, 0.2) is 0 Å². The highest BCUT2D eigenvalue weighted by Crippen LogP contribution is 2.58. The Morgan fingerprint density at radius 2 is 0.726 bits per heavy atom. The predicted molar refractivity (Wildman–Crippen MR) is 259 cm³/mol. The Bertz CT molecular complexity index is 3180. The van der Waals surface area contributed by atoms with E-state index in [9.17, 15) is 0 Å². The quantitative estimate of drug-likeness (QED) is 0.162. The minimum Gasteiger partial charge on any atom is -0.310 e. The van der Waals surface area contributed by atoms with Gasteiger partial charge in [-0.3, -0.25) is 0 Å². The van der Waals surface area contributed by atoms with Crippen LogP contribution in [0.1, 0.15) is 72.2 Å². The van der Waals surface area contributed by atoms with Gasteiger partial charge in [-0.1, -0.05) is 204 Å². The molecule has 9 aromatic carbocycles. The number of nitrogens with zero attached hydrogens (tertiary/aromatic N) is 1. The van der Waals surface area contributed by atoms with Crippen LogP contribution in [0.15, 0.2) is 212 Å². The molecule has 62 heavy (non-hydrogen) atoms. The van der Waals surface area contributed by atoms with Gasteiger partial charge in [-0.25, -0.2) is 0 Å². The molecule has 3 aliphatic rings. The van der Waals surface area contributed by atoms with Crippen molar-refractivity contribution in [1.82, 2.24) is 0 Å². The highest BCUT2D eigenvalue weighted by atomic mass is 15.1. The lowest BCUT2D eigenvalue weighted by molar-refractivity contribution is 0.660. The van der Waals surface area contributed by atoms with E-state index in [0.29, 0.717) is 0 Å². The van der Waals surface area contributed by atoms with E-state index in [1.165, 1.54) is 89.0 Å². The van der Waals surface area contributed by atoms with Crippen molar-refractivity contribution in [2.45, 2.75) is 43.9 Å². The molecule has 1 heteroatoms. The molecule has 9 aromatic rings. The predicted octanol–water partition coefficient (Wildman–Crippen LogP) is 15.8. The lowest BCUT2D eigenvalue weighted by Gasteiger charge is -2.35. The molecule has 0 bridgehead atoms. The van der Waals surface area contributed by atoms with E-state index in [0.717, 1.165) is 17.1 Å². The minimum absolute atomic E-state index is 0.140. The van der Waals surface area contributed by atoms with E-state index in [-0.39, 0.29) is 10.8 Å². The molecule has 3 aliphatic carbocycles. The molecule has 0 radical (unpaired) electrons. The summed E-state index contributed by atoms with van der Waals surface area (Å²) >= 11 is 0. The number of benzene rings is 9. The molecule has 1 nitrogen and oxygen atoms in total. The fourth-order valence-corrected chi connectivity index (χ4v) is 11.7. The first-order valence-electron chi connectivity index (χ1n) is 22.0. The average Bonchev–Trinajstić information content (AvgIpc) is 3.85. The van der Waals surface area contributed by atoms with Crippen LogP contribution in [0.2, 0.25) is 0 Å². The smallest absolute Gasteiger partial charge is 0.0713 e. The maximum absolute atomic E-state index is 2.51. The van der Waals surface area contributed by atoms with Crippen molar-refractivity contribution in [1.29, 1.82) is 0 Å². The first kappa shape index (κ1) is 36.6. The molecule has 0 spiro atoms. The summed E-state index contributed by atoms with van der Waals surface area (Å²) in [5.41, 5.74) is 23.7. The van der Waals surface area contributed by atoms with Crippen molar-refractivity contribution in [2.75, 3.05) is 4.90 Å². The van der Waals surface area contributed by atoms with Gasteiger partial charge in [0, 0.05) is 27.9 Å². The van der Waals surface area contributed by atoms with Crippen LogP contribution in [0.3, 0.4) is 0 Å². The Hall–Kier alpha value is -7.22. The second-order valence-electron chi connectivity index (χ2n) is 18.4. The fraction of sp³-hybridized carbons (Fsp3) is 0.115. The minimum atomic E-state index is -0.468. The normalized spacial score (nSPS) is 15.2. The third-order valence-electron chi connectivity index (χ3n) is 14.5. The lowest BCUT2D eigenvalue weighted by atomic mass is 9.68. The highest BCUT2D eigenvalue weighted by Gasteiger charge is 2.46. The van der Waals surface area contributed by atoms with Gasteiger partial charge in [0.05, 0.1) is 5.41 Å². The first-order chi connectivity index (χ1) is 30.3.